The van der Waals surface area contributed by atoms with Gasteiger partial charge in [0.25, 0.3) is 5.91 Å². The highest BCUT2D eigenvalue weighted by Crippen LogP contribution is 2.49. The Hall–Kier alpha value is -3.46. The van der Waals surface area contributed by atoms with Crippen LogP contribution in [0.1, 0.15) is 41.2 Å². The van der Waals surface area contributed by atoms with Crippen LogP contribution in [0.15, 0.2) is 42.7 Å². The molecule has 10 heteroatoms. The van der Waals surface area contributed by atoms with Gasteiger partial charge in [0.1, 0.15) is 12.6 Å². The maximum atomic E-state index is 13.4. The summed E-state index contributed by atoms with van der Waals surface area (Å²) in [4.78, 5) is 44.1. The lowest BCUT2D eigenvalue weighted by molar-refractivity contribution is -0.140. The average Bonchev–Trinajstić information content (AvgIpc) is 3.69. The largest absolute Gasteiger partial charge is 0.364 e. The summed E-state index contributed by atoms with van der Waals surface area (Å²) in [5.74, 6) is -0.429. The lowest BCUT2D eigenvalue weighted by atomic mass is 10.1. The number of carbonyl (C=O) groups excluding carboxylic acids is 3. The summed E-state index contributed by atoms with van der Waals surface area (Å²) in [5, 5.41) is 8.64. The number of likely N-dealkylation sites (tertiary alicyclic amines) is 1. The van der Waals surface area contributed by atoms with Crippen molar-refractivity contribution in [3.63, 3.8) is 0 Å². The maximum Gasteiger partial charge on any atom is 0.269 e. The number of amides is 3. The van der Waals surface area contributed by atoms with Crippen LogP contribution in [-0.4, -0.2) is 55.5 Å². The van der Waals surface area contributed by atoms with E-state index in [2.05, 4.69) is 15.4 Å². The molecule has 3 fully saturated rings. The van der Waals surface area contributed by atoms with Crippen LogP contribution in [0.5, 0.6) is 0 Å². The van der Waals surface area contributed by atoms with Gasteiger partial charge in [0.15, 0.2) is 5.69 Å². The van der Waals surface area contributed by atoms with E-state index in [0.717, 1.165) is 18.4 Å². The average molecular weight is 479 g/mol. The van der Waals surface area contributed by atoms with Gasteiger partial charge in [-0.2, -0.15) is 5.10 Å². The number of pyridine rings is 1. The molecule has 0 bridgehead atoms. The lowest BCUT2D eigenvalue weighted by Crippen LogP contribution is -2.49. The topological polar surface area (TPSA) is 123 Å². The van der Waals surface area contributed by atoms with Gasteiger partial charge < -0.3 is 16.0 Å². The quantitative estimate of drug-likeness (QED) is 0.559. The number of fused-ring (bicyclic) bond motifs is 2. The predicted molar refractivity (Wildman–Crippen MR) is 124 cm³/mol. The van der Waals surface area contributed by atoms with E-state index in [1.165, 1.54) is 4.68 Å². The second-order valence-corrected chi connectivity index (χ2v) is 9.76. The standard InChI is InChI=1S/C24H23ClN6O3/c25-16-4-2-1-3-13(16)15-9-17(15)28-24(34)19-8-12-7-18(12)31(19)21(32)11-30-20-10-27-6-5-14(20)22(29-30)23(26)33/h1-6,10,12,15,17-19H,7-9,11H2,(H2,26,33)(H,28,34)/t12-,15-,17+,18-,19-/m0/s1. The van der Waals surface area contributed by atoms with E-state index in [0.29, 0.717) is 28.3 Å². The number of halogens is 1. The van der Waals surface area contributed by atoms with Crippen molar-refractivity contribution in [1.82, 2.24) is 25.0 Å². The Bertz CT molecular complexity index is 1340. The molecule has 1 aliphatic heterocycles. The Kier molecular flexibility index (Phi) is 4.84. The number of nitrogens with zero attached hydrogens (tertiary/aromatic N) is 4. The first-order valence-electron chi connectivity index (χ1n) is 11.4. The number of carbonyl (C=O) groups is 3. The van der Waals surface area contributed by atoms with Crippen molar-refractivity contribution in [2.75, 3.05) is 0 Å². The first kappa shape index (κ1) is 21.1. The third kappa shape index (κ3) is 3.51. The molecule has 2 saturated carbocycles. The van der Waals surface area contributed by atoms with E-state index in [4.69, 9.17) is 17.3 Å². The molecule has 2 aromatic heterocycles. The predicted octanol–water partition coefficient (Wildman–Crippen LogP) is 1.85. The van der Waals surface area contributed by atoms with E-state index < -0.39 is 11.9 Å². The van der Waals surface area contributed by atoms with E-state index in [9.17, 15) is 14.4 Å². The van der Waals surface area contributed by atoms with Gasteiger partial charge in [-0.1, -0.05) is 29.8 Å². The molecule has 1 aromatic carbocycles. The molecule has 0 spiro atoms. The van der Waals surface area contributed by atoms with Gasteiger partial charge in [0, 0.05) is 34.6 Å². The highest BCUT2D eigenvalue weighted by atomic mass is 35.5. The molecule has 6 rings (SSSR count). The smallest absolute Gasteiger partial charge is 0.269 e. The van der Waals surface area contributed by atoms with Crippen LogP contribution in [0.2, 0.25) is 5.02 Å². The Morgan fingerprint density at radius 3 is 2.76 bits per heavy atom. The van der Waals surface area contributed by atoms with Gasteiger partial charge in [0.05, 0.1) is 11.7 Å². The fraction of sp³-hybridized carbons (Fsp3) is 0.375. The number of piperidine rings is 1. The van der Waals surface area contributed by atoms with Gasteiger partial charge in [0.2, 0.25) is 11.8 Å². The normalized spacial score (nSPS) is 26.9. The SMILES string of the molecule is NC(=O)c1nn(CC(=O)N2[C@H](C(=O)N[C@@H]3C[C@H]3c3ccccc3Cl)C[C@@H]3C[C@@H]32)c2cnccc12. The van der Waals surface area contributed by atoms with Crippen molar-refractivity contribution in [1.29, 1.82) is 0 Å². The number of aromatic nitrogens is 3. The zero-order chi connectivity index (χ0) is 23.6. The summed E-state index contributed by atoms with van der Waals surface area (Å²) in [6, 6.07) is 8.94. The summed E-state index contributed by atoms with van der Waals surface area (Å²) in [5.41, 5.74) is 7.16. The van der Waals surface area contributed by atoms with Crippen LogP contribution in [0.3, 0.4) is 0 Å². The number of hydrogen-bond acceptors (Lipinski definition) is 5. The Labute approximate surface area is 200 Å². The maximum absolute atomic E-state index is 13.4. The summed E-state index contributed by atoms with van der Waals surface area (Å²) in [6.45, 7) is -0.0891. The molecule has 5 atom stereocenters. The molecule has 3 aliphatic rings. The number of benzene rings is 1. The molecule has 0 unspecified atom stereocenters. The number of hydrogen-bond donors (Lipinski definition) is 2. The summed E-state index contributed by atoms with van der Waals surface area (Å²) in [7, 11) is 0. The molecular weight excluding hydrogens is 456 g/mol. The third-order valence-electron chi connectivity index (χ3n) is 7.19. The second kappa shape index (κ2) is 7.80. The molecule has 3 amide bonds. The summed E-state index contributed by atoms with van der Waals surface area (Å²) in [6.07, 6.45) is 5.52. The van der Waals surface area contributed by atoms with E-state index in [1.807, 2.05) is 24.3 Å². The summed E-state index contributed by atoms with van der Waals surface area (Å²) >= 11 is 6.31. The molecule has 3 N–H and O–H groups in total. The Balaban J connectivity index is 1.17. The van der Waals surface area contributed by atoms with Gasteiger partial charge in [-0.15, -0.1) is 0 Å². The summed E-state index contributed by atoms with van der Waals surface area (Å²) < 4.78 is 1.45. The van der Waals surface area contributed by atoms with Crippen molar-refractivity contribution in [3.05, 3.63) is 59.0 Å². The van der Waals surface area contributed by atoms with Gasteiger partial charge >= 0.3 is 0 Å². The minimum atomic E-state index is -0.666. The zero-order valence-electron chi connectivity index (χ0n) is 18.2. The van der Waals surface area contributed by atoms with Crippen LogP contribution < -0.4 is 11.1 Å². The van der Waals surface area contributed by atoms with E-state index >= 15 is 0 Å². The lowest BCUT2D eigenvalue weighted by Gasteiger charge is -2.27. The molecule has 174 valence electrons. The van der Waals surface area contributed by atoms with Crippen molar-refractivity contribution in [2.24, 2.45) is 11.7 Å². The van der Waals surface area contributed by atoms with Crippen molar-refractivity contribution in [2.45, 2.75) is 49.9 Å². The van der Waals surface area contributed by atoms with E-state index in [1.54, 1.807) is 23.4 Å². The van der Waals surface area contributed by atoms with Crippen molar-refractivity contribution >= 4 is 40.2 Å². The highest BCUT2D eigenvalue weighted by molar-refractivity contribution is 6.31. The number of primary amides is 1. The molecule has 3 heterocycles. The molecular formula is C24H23ClN6O3. The molecule has 2 aliphatic carbocycles. The van der Waals surface area contributed by atoms with E-state index in [-0.39, 0.29) is 42.1 Å². The van der Waals surface area contributed by atoms with Crippen LogP contribution in [0.4, 0.5) is 0 Å². The fourth-order valence-electron chi connectivity index (χ4n) is 5.33. The van der Waals surface area contributed by atoms with Gasteiger partial charge in [-0.3, -0.25) is 24.0 Å². The second-order valence-electron chi connectivity index (χ2n) is 9.36. The number of nitrogens with one attached hydrogen (secondary N) is 1. The minimum Gasteiger partial charge on any atom is -0.364 e. The monoisotopic (exact) mass is 478 g/mol. The molecule has 0 radical (unpaired) electrons. The van der Waals surface area contributed by atoms with Crippen LogP contribution >= 0.6 is 11.6 Å². The number of nitrogens with two attached hydrogens (primary N) is 1. The first-order valence-corrected chi connectivity index (χ1v) is 11.8. The van der Waals surface area contributed by atoms with Gasteiger partial charge in [-0.05, 0) is 42.9 Å². The molecule has 3 aromatic rings. The van der Waals surface area contributed by atoms with Crippen molar-refractivity contribution in [3.8, 4) is 0 Å². The minimum absolute atomic E-state index is 0.0283. The third-order valence-corrected chi connectivity index (χ3v) is 7.53. The Morgan fingerprint density at radius 1 is 1.15 bits per heavy atom. The van der Waals surface area contributed by atoms with Crippen LogP contribution in [0.25, 0.3) is 10.9 Å². The van der Waals surface area contributed by atoms with Crippen LogP contribution in [0, 0.1) is 5.92 Å². The molecule has 1 saturated heterocycles. The number of rotatable bonds is 6. The van der Waals surface area contributed by atoms with Crippen LogP contribution in [-0.2, 0) is 16.1 Å². The zero-order valence-corrected chi connectivity index (χ0v) is 19.0. The van der Waals surface area contributed by atoms with Gasteiger partial charge in [-0.25, -0.2) is 0 Å². The van der Waals surface area contributed by atoms with Crippen molar-refractivity contribution < 1.29 is 14.4 Å². The first-order chi connectivity index (χ1) is 16.4. The fourth-order valence-corrected chi connectivity index (χ4v) is 5.61. The Morgan fingerprint density at radius 2 is 1.97 bits per heavy atom. The molecule has 34 heavy (non-hydrogen) atoms. The highest BCUT2D eigenvalue weighted by Gasteiger charge is 2.56. The molecule has 9 nitrogen and oxygen atoms in total.